The van der Waals surface area contributed by atoms with Crippen molar-refractivity contribution < 1.29 is 31.9 Å². The Labute approximate surface area is 201 Å². The Morgan fingerprint density at radius 2 is 1.61 bits per heavy atom. The molecule has 8 nitrogen and oxygen atoms in total. The quantitative estimate of drug-likeness (QED) is 0.434. The molecule has 2 heterocycles. The van der Waals surface area contributed by atoms with Crippen molar-refractivity contribution in [3.8, 4) is 0 Å². The second-order valence-corrected chi connectivity index (χ2v) is 8.30. The molecule has 1 aromatic heterocycles. The number of alkyl halides is 3. The normalized spacial score (nSPS) is 14.6. The number of amides is 2. The van der Waals surface area contributed by atoms with Crippen molar-refractivity contribution in [3.05, 3.63) is 75.5 Å². The molecule has 0 bridgehead atoms. The number of hydrogen-bond donors (Lipinski definition) is 1. The second kappa shape index (κ2) is 9.88. The molecule has 0 aliphatic carbocycles. The van der Waals surface area contributed by atoms with Gasteiger partial charge in [0.05, 0.1) is 16.6 Å². The van der Waals surface area contributed by atoms with Gasteiger partial charge in [0.25, 0.3) is 17.4 Å². The zero-order chi connectivity index (χ0) is 26.0. The fraction of sp³-hybridized carbons (Fsp3) is 0.292. The van der Waals surface area contributed by atoms with Crippen LogP contribution in [-0.2, 0) is 16.0 Å². The number of rotatable bonds is 4. The molecular weight excluding hydrogens is 484 g/mol. The van der Waals surface area contributed by atoms with Gasteiger partial charge in [-0.1, -0.05) is 24.3 Å². The van der Waals surface area contributed by atoms with Gasteiger partial charge < -0.3 is 9.80 Å². The van der Waals surface area contributed by atoms with E-state index in [9.17, 15) is 36.7 Å². The number of benzene rings is 2. The minimum Gasteiger partial charge on any atom is -0.337 e. The number of nitrogens with zero attached hydrogens (tertiary/aromatic N) is 3. The first-order valence-corrected chi connectivity index (χ1v) is 11.0. The highest BCUT2D eigenvalue weighted by atomic mass is 19.4. The van der Waals surface area contributed by atoms with Crippen molar-refractivity contribution >= 4 is 28.4 Å². The molecule has 188 valence electrons. The lowest BCUT2D eigenvalue weighted by molar-refractivity contribution is -0.178. The highest BCUT2D eigenvalue weighted by Crippen LogP contribution is 2.21. The third kappa shape index (κ3) is 5.11. The van der Waals surface area contributed by atoms with Crippen LogP contribution in [0.2, 0.25) is 0 Å². The van der Waals surface area contributed by atoms with E-state index in [4.69, 9.17) is 0 Å². The summed E-state index contributed by atoms with van der Waals surface area (Å²) in [7, 11) is 0. The van der Waals surface area contributed by atoms with Crippen LogP contribution in [-0.4, -0.2) is 70.0 Å². The Bertz CT molecular complexity index is 1400. The summed E-state index contributed by atoms with van der Waals surface area (Å²) in [5, 5.41) is 7.56. The molecule has 0 spiro atoms. The molecule has 1 N–H and O–H groups in total. The third-order valence-electron chi connectivity index (χ3n) is 5.93. The first-order chi connectivity index (χ1) is 17.1. The van der Waals surface area contributed by atoms with Crippen LogP contribution in [0.15, 0.2) is 47.3 Å². The molecule has 4 rings (SSSR count). The van der Waals surface area contributed by atoms with E-state index in [0.717, 1.165) is 11.0 Å². The van der Waals surface area contributed by atoms with Crippen molar-refractivity contribution in [2.24, 2.45) is 0 Å². The van der Waals surface area contributed by atoms with Crippen LogP contribution >= 0.6 is 0 Å². The number of H-pyrrole nitrogens is 1. The molecule has 3 aromatic rings. The number of hydrogen-bond acceptors (Lipinski definition) is 5. The number of carbonyl (C=O) groups is 3. The van der Waals surface area contributed by atoms with E-state index in [1.54, 1.807) is 24.3 Å². The molecule has 1 saturated heterocycles. The van der Waals surface area contributed by atoms with E-state index in [2.05, 4.69) is 10.2 Å². The Balaban J connectivity index is 1.52. The van der Waals surface area contributed by atoms with Crippen LogP contribution in [0.3, 0.4) is 0 Å². The molecule has 1 fully saturated rings. The molecule has 1 aliphatic rings. The fourth-order valence-corrected chi connectivity index (χ4v) is 4.10. The van der Waals surface area contributed by atoms with Crippen LogP contribution in [0.25, 0.3) is 10.8 Å². The number of ketones is 1. The molecule has 36 heavy (non-hydrogen) atoms. The molecule has 2 amide bonds. The van der Waals surface area contributed by atoms with Gasteiger partial charge >= 0.3 is 12.0 Å². The van der Waals surface area contributed by atoms with E-state index in [1.165, 1.54) is 17.0 Å². The lowest BCUT2D eigenvalue weighted by Gasteiger charge is -2.22. The maximum Gasteiger partial charge on any atom is 0.460 e. The van der Waals surface area contributed by atoms with Gasteiger partial charge in [-0.25, -0.2) is 9.49 Å². The Morgan fingerprint density at radius 3 is 2.33 bits per heavy atom. The van der Waals surface area contributed by atoms with Crippen molar-refractivity contribution in [3.63, 3.8) is 0 Å². The standard InChI is InChI=1S/C24H20F4N4O4/c25-18-7-6-14(13-19-15-4-1-2-5-16(15)21(34)30-29-19)12-17(18)22(35)31-8-3-9-32(11-10-31)23(36)20(33)24(26,27)28/h1-2,4-7,12H,3,8-11,13H2,(H,30,34). The molecule has 12 heteroatoms. The van der Waals surface area contributed by atoms with Crippen LogP contribution in [0.5, 0.6) is 0 Å². The van der Waals surface area contributed by atoms with Gasteiger partial charge in [0.15, 0.2) is 0 Å². The summed E-state index contributed by atoms with van der Waals surface area (Å²) >= 11 is 0. The topological polar surface area (TPSA) is 103 Å². The number of Topliss-reactive ketones (excluding diaryl/α,β-unsaturated/α-hetero) is 1. The Hall–Kier alpha value is -4.09. The van der Waals surface area contributed by atoms with E-state index in [0.29, 0.717) is 22.0 Å². The maximum atomic E-state index is 14.6. The molecule has 1 aliphatic heterocycles. The van der Waals surface area contributed by atoms with Crippen molar-refractivity contribution in [1.29, 1.82) is 0 Å². The number of carbonyl (C=O) groups excluding carboxylic acids is 3. The van der Waals surface area contributed by atoms with Crippen LogP contribution < -0.4 is 5.56 Å². The van der Waals surface area contributed by atoms with E-state index in [-0.39, 0.29) is 50.1 Å². The maximum absolute atomic E-state index is 14.6. The van der Waals surface area contributed by atoms with Crippen LogP contribution in [0.4, 0.5) is 17.6 Å². The van der Waals surface area contributed by atoms with Gasteiger partial charge in [0, 0.05) is 38.0 Å². The lowest BCUT2D eigenvalue weighted by atomic mass is 10.0. The summed E-state index contributed by atoms with van der Waals surface area (Å²) in [6, 6.07) is 10.8. The van der Waals surface area contributed by atoms with Gasteiger partial charge in [-0.15, -0.1) is 0 Å². The predicted octanol–water partition coefficient (Wildman–Crippen LogP) is 2.46. The summed E-state index contributed by atoms with van der Waals surface area (Å²) in [6.07, 6.45) is -4.97. The number of nitrogens with one attached hydrogen (secondary N) is 1. The number of halogens is 4. The first-order valence-electron chi connectivity index (χ1n) is 11.0. The SMILES string of the molecule is O=C(C(=O)C(F)(F)F)N1CCCN(C(=O)c2cc(Cc3n[nH]c(=O)c4ccccc34)ccc2F)CC1. The highest BCUT2D eigenvalue weighted by molar-refractivity contribution is 6.38. The molecule has 0 atom stereocenters. The van der Waals surface area contributed by atoms with E-state index in [1.807, 2.05) is 0 Å². The Morgan fingerprint density at radius 1 is 0.944 bits per heavy atom. The minimum atomic E-state index is -5.28. The summed E-state index contributed by atoms with van der Waals surface area (Å²) in [6.45, 7) is -0.525. The van der Waals surface area contributed by atoms with Gasteiger partial charge in [-0.3, -0.25) is 19.2 Å². The van der Waals surface area contributed by atoms with Gasteiger partial charge in [-0.2, -0.15) is 18.3 Å². The third-order valence-corrected chi connectivity index (χ3v) is 5.93. The first kappa shape index (κ1) is 25.0. The molecule has 0 unspecified atom stereocenters. The fourth-order valence-electron chi connectivity index (χ4n) is 4.10. The van der Waals surface area contributed by atoms with Crippen LogP contribution in [0, 0.1) is 5.82 Å². The highest BCUT2D eigenvalue weighted by Gasteiger charge is 2.45. The van der Waals surface area contributed by atoms with Gasteiger partial charge in [0.2, 0.25) is 0 Å². The van der Waals surface area contributed by atoms with Gasteiger partial charge in [0.1, 0.15) is 5.82 Å². The molecule has 0 saturated carbocycles. The van der Waals surface area contributed by atoms with E-state index >= 15 is 0 Å². The molecule has 2 aromatic carbocycles. The van der Waals surface area contributed by atoms with Crippen molar-refractivity contribution in [1.82, 2.24) is 20.0 Å². The minimum absolute atomic E-state index is 0.0681. The molecular formula is C24H20F4N4O4. The zero-order valence-corrected chi connectivity index (χ0v) is 18.8. The summed E-state index contributed by atoms with van der Waals surface area (Å²) in [4.78, 5) is 50.2. The summed E-state index contributed by atoms with van der Waals surface area (Å²) < 4.78 is 52.4. The van der Waals surface area contributed by atoms with E-state index < -0.39 is 29.6 Å². The average molecular weight is 504 g/mol. The summed E-state index contributed by atoms with van der Waals surface area (Å²) in [5.41, 5.74) is 0.475. The zero-order valence-electron chi connectivity index (χ0n) is 18.8. The molecule has 0 radical (unpaired) electrons. The van der Waals surface area contributed by atoms with Crippen molar-refractivity contribution in [2.45, 2.75) is 19.0 Å². The van der Waals surface area contributed by atoms with Gasteiger partial charge in [-0.05, 0) is 30.2 Å². The Kier molecular flexibility index (Phi) is 6.86. The average Bonchev–Trinajstić information content (AvgIpc) is 3.11. The number of aromatic nitrogens is 2. The monoisotopic (exact) mass is 504 g/mol. The number of aromatic amines is 1. The van der Waals surface area contributed by atoms with Crippen molar-refractivity contribution in [2.75, 3.05) is 26.2 Å². The summed E-state index contributed by atoms with van der Waals surface area (Å²) in [5.74, 6) is -5.62. The second-order valence-electron chi connectivity index (χ2n) is 8.30. The predicted molar refractivity (Wildman–Crippen MR) is 120 cm³/mol. The number of fused-ring (bicyclic) bond motifs is 1. The largest absolute Gasteiger partial charge is 0.460 e. The lowest BCUT2D eigenvalue weighted by Crippen LogP contribution is -2.44. The van der Waals surface area contributed by atoms with Crippen LogP contribution in [0.1, 0.15) is 28.0 Å². The smallest absolute Gasteiger partial charge is 0.337 e.